The van der Waals surface area contributed by atoms with Crippen LogP contribution in [-0.4, -0.2) is 0 Å². The molecule has 2 aliphatic rings. The summed E-state index contributed by atoms with van der Waals surface area (Å²) in [6, 6.07) is 11.1. The van der Waals surface area contributed by atoms with Gasteiger partial charge in [0.2, 0.25) is 0 Å². The van der Waals surface area contributed by atoms with Crippen molar-refractivity contribution >= 4 is 0 Å². The maximum atomic E-state index is 2.43. The minimum absolute atomic E-state index is 0.753. The van der Waals surface area contributed by atoms with Crippen LogP contribution in [0.3, 0.4) is 0 Å². The van der Waals surface area contributed by atoms with E-state index in [4.69, 9.17) is 0 Å². The smallest absolute Gasteiger partial charge is 0.0122 e. The van der Waals surface area contributed by atoms with Crippen LogP contribution in [0.2, 0.25) is 0 Å². The van der Waals surface area contributed by atoms with Crippen LogP contribution in [0.5, 0.6) is 0 Å². The third-order valence-corrected chi connectivity index (χ3v) is 4.53. The lowest BCUT2D eigenvalue weighted by atomic mass is 9.81. The van der Waals surface area contributed by atoms with Crippen molar-refractivity contribution in [3.8, 4) is 0 Å². The van der Waals surface area contributed by atoms with Crippen molar-refractivity contribution in [2.24, 2.45) is 17.8 Å². The Bertz CT molecular complexity index is 427. The van der Waals surface area contributed by atoms with Crippen LogP contribution in [0.15, 0.2) is 54.6 Å². The number of benzene rings is 1. The summed E-state index contributed by atoms with van der Waals surface area (Å²) in [5.74, 6) is 3.12. The van der Waals surface area contributed by atoms with Crippen molar-refractivity contribution in [3.05, 3.63) is 60.2 Å². The number of hydrogen-bond donors (Lipinski definition) is 0. The van der Waals surface area contributed by atoms with Crippen LogP contribution >= 0.6 is 0 Å². The molecule has 4 atom stereocenters. The van der Waals surface area contributed by atoms with E-state index in [0.29, 0.717) is 0 Å². The summed E-state index contributed by atoms with van der Waals surface area (Å²) in [4.78, 5) is 0. The van der Waals surface area contributed by atoms with E-state index in [0.717, 1.165) is 23.7 Å². The molecule has 0 nitrogen and oxygen atoms in total. The molecule has 0 saturated heterocycles. The van der Waals surface area contributed by atoms with E-state index < -0.39 is 0 Å². The Morgan fingerprint density at radius 2 is 1.82 bits per heavy atom. The third-order valence-electron chi connectivity index (χ3n) is 4.53. The Labute approximate surface area is 104 Å². The Morgan fingerprint density at radius 3 is 2.59 bits per heavy atom. The lowest BCUT2D eigenvalue weighted by Gasteiger charge is -2.23. The topological polar surface area (TPSA) is 0 Å². The number of rotatable bonds is 2. The quantitative estimate of drug-likeness (QED) is 0.691. The molecule has 0 aliphatic heterocycles. The summed E-state index contributed by atoms with van der Waals surface area (Å²) in [5.41, 5.74) is 1.54. The highest BCUT2D eigenvalue weighted by Crippen LogP contribution is 2.50. The van der Waals surface area contributed by atoms with Crippen LogP contribution in [0.4, 0.5) is 0 Å². The van der Waals surface area contributed by atoms with Gasteiger partial charge in [-0.2, -0.15) is 0 Å². The fraction of sp³-hybridized carbons (Fsp3) is 0.412. The average molecular weight is 224 g/mol. The molecule has 1 saturated carbocycles. The number of allylic oxidation sites excluding steroid dienone is 4. The van der Waals surface area contributed by atoms with Crippen LogP contribution in [0.1, 0.15) is 31.2 Å². The molecule has 88 valence electrons. The first-order chi connectivity index (χ1) is 8.40. The van der Waals surface area contributed by atoms with Gasteiger partial charge in [0.05, 0.1) is 0 Å². The second-order valence-corrected chi connectivity index (χ2v) is 5.34. The van der Waals surface area contributed by atoms with E-state index in [1.54, 1.807) is 0 Å². The predicted molar refractivity (Wildman–Crippen MR) is 72.8 cm³/mol. The molecular weight excluding hydrogens is 204 g/mol. The molecule has 0 N–H and O–H groups in total. The van der Waals surface area contributed by atoms with Gasteiger partial charge >= 0.3 is 0 Å². The van der Waals surface area contributed by atoms with E-state index in [1.165, 1.54) is 18.4 Å². The van der Waals surface area contributed by atoms with Crippen molar-refractivity contribution in [1.82, 2.24) is 0 Å². The Kier molecular flexibility index (Phi) is 2.88. The molecule has 1 aromatic carbocycles. The lowest BCUT2D eigenvalue weighted by Crippen LogP contribution is -2.14. The van der Waals surface area contributed by atoms with E-state index in [-0.39, 0.29) is 0 Å². The molecule has 0 spiro atoms. The lowest BCUT2D eigenvalue weighted by molar-refractivity contribution is 0.384. The van der Waals surface area contributed by atoms with Gasteiger partial charge in [0.1, 0.15) is 0 Å². The standard InChI is InChI=1S/C17H20/c1-2-15-16-11-7-6-10-14(16)12-17(15)13-8-4-3-5-9-13/h3-11,14-17H,2,12H2,1H3. The third kappa shape index (κ3) is 1.86. The Morgan fingerprint density at radius 1 is 1.06 bits per heavy atom. The summed E-state index contributed by atoms with van der Waals surface area (Å²) in [7, 11) is 0. The minimum atomic E-state index is 0.753. The van der Waals surface area contributed by atoms with Crippen LogP contribution in [0.25, 0.3) is 0 Å². The molecule has 17 heavy (non-hydrogen) atoms. The molecule has 0 radical (unpaired) electrons. The Balaban J connectivity index is 1.91. The SMILES string of the molecule is CCC1C(c2ccccc2)CC2C=CC=CC21. The first-order valence-electron chi connectivity index (χ1n) is 6.80. The first-order valence-corrected chi connectivity index (χ1v) is 6.80. The second kappa shape index (κ2) is 4.52. The highest BCUT2D eigenvalue weighted by Gasteiger charge is 2.40. The maximum absolute atomic E-state index is 2.43. The molecular formula is C17H20. The minimum Gasteiger partial charge on any atom is -0.0808 e. The summed E-state index contributed by atoms with van der Waals surface area (Å²) in [5, 5.41) is 0. The van der Waals surface area contributed by atoms with Gasteiger partial charge in [-0.25, -0.2) is 0 Å². The molecule has 0 bridgehead atoms. The zero-order valence-corrected chi connectivity index (χ0v) is 10.4. The van der Waals surface area contributed by atoms with Crippen molar-refractivity contribution < 1.29 is 0 Å². The van der Waals surface area contributed by atoms with Crippen LogP contribution < -0.4 is 0 Å². The van der Waals surface area contributed by atoms with Gasteiger partial charge in [0, 0.05) is 0 Å². The molecule has 0 heterocycles. The molecule has 4 unspecified atom stereocenters. The van der Waals surface area contributed by atoms with Gasteiger partial charge in [-0.3, -0.25) is 0 Å². The van der Waals surface area contributed by atoms with Crippen LogP contribution in [-0.2, 0) is 0 Å². The predicted octanol–water partition coefficient (Wildman–Crippen LogP) is 4.56. The molecule has 1 aromatic rings. The summed E-state index contributed by atoms with van der Waals surface area (Å²) in [6.07, 6.45) is 11.9. The van der Waals surface area contributed by atoms with Crippen molar-refractivity contribution in [2.75, 3.05) is 0 Å². The zero-order chi connectivity index (χ0) is 11.7. The van der Waals surface area contributed by atoms with Gasteiger partial charge in [-0.05, 0) is 35.7 Å². The molecule has 3 rings (SSSR count). The van der Waals surface area contributed by atoms with Gasteiger partial charge in [0.25, 0.3) is 0 Å². The molecule has 2 aliphatic carbocycles. The first kappa shape index (κ1) is 10.8. The highest BCUT2D eigenvalue weighted by molar-refractivity contribution is 5.27. The fourth-order valence-corrected chi connectivity index (χ4v) is 3.74. The molecule has 0 aromatic heterocycles. The second-order valence-electron chi connectivity index (χ2n) is 5.34. The van der Waals surface area contributed by atoms with Crippen LogP contribution in [0, 0.1) is 17.8 Å². The van der Waals surface area contributed by atoms with Gasteiger partial charge in [-0.15, -0.1) is 0 Å². The van der Waals surface area contributed by atoms with E-state index in [1.807, 2.05) is 0 Å². The Hall–Kier alpha value is -1.30. The average Bonchev–Trinajstić information content (AvgIpc) is 2.78. The van der Waals surface area contributed by atoms with Gasteiger partial charge in [0.15, 0.2) is 0 Å². The van der Waals surface area contributed by atoms with Crippen molar-refractivity contribution in [1.29, 1.82) is 0 Å². The van der Waals surface area contributed by atoms with Gasteiger partial charge in [-0.1, -0.05) is 68.0 Å². The van der Waals surface area contributed by atoms with E-state index >= 15 is 0 Å². The fourth-order valence-electron chi connectivity index (χ4n) is 3.74. The molecule has 0 amide bonds. The summed E-state index contributed by atoms with van der Waals surface area (Å²) < 4.78 is 0. The van der Waals surface area contributed by atoms with E-state index in [2.05, 4.69) is 61.6 Å². The number of fused-ring (bicyclic) bond motifs is 1. The summed E-state index contributed by atoms with van der Waals surface area (Å²) in [6.45, 7) is 2.34. The van der Waals surface area contributed by atoms with Crippen molar-refractivity contribution in [2.45, 2.75) is 25.7 Å². The van der Waals surface area contributed by atoms with Crippen molar-refractivity contribution in [3.63, 3.8) is 0 Å². The van der Waals surface area contributed by atoms with E-state index in [9.17, 15) is 0 Å². The zero-order valence-electron chi connectivity index (χ0n) is 10.4. The molecule has 1 fully saturated rings. The van der Waals surface area contributed by atoms with Gasteiger partial charge < -0.3 is 0 Å². The monoisotopic (exact) mass is 224 g/mol. The molecule has 0 heteroatoms. The maximum Gasteiger partial charge on any atom is -0.0122 e. The normalized spacial score (nSPS) is 34.9. The highest BCUT2D eigenvalue weighted by atomic mass is 14.4. The number of hydrogen-bond acceptors (Lipinski definition) is 0. The summed E-state index contributed by atoms with van der Waals surface area (Å²) >= 11 is 0. The largest absolute Gasteiger partial charge is 0.0808 e.